The number of urea groups is 1. The molecule has 0 aliphatic carbocycles. The second-order valence-corrected chi connectivity index (χ2v) is 6.43. The summed E-state index contributed by atoms with van der Waals surface area (Å²) in [6.07, 6.45) is 3.54. The van der Waals surface area contributed by atoms with Gasteiger partial charge < -0.3 is 14.6 Å². The smallest absolute Gasteiger partial charge is 0.317 e. The van der Waals surface area contributed by atoms with Crippen molar-refractivity contribution in [2.24, 2.45) is 0 Å². The molecule has 134 valence electrons. The van der Waals surface area contributed by atoms with Crippen LogP contribution in [0.2, 0.25) is 0 Å². The van der Waals surface area contributed by atoms with E-state index < -0.39 is 0 Å². The molecule has 3 aromatic rings. The molecule has 1 aliphatic rings. The van der Waals surface area contributed by atoms with Gasteiger partial charge >= 0.3 is 6.03 Å². The van der Waals surface area contributed by atoms with E-state index in [-0.39, 0.29) is 11.9 Å². The first-order valence-electron chi connectivity index (χ1n) is 8.82. The quantitative estimate of drug-likeness (QED) is 0.756. The van der Waals surface area contributed by atoms with E-state index in [1.807, 2.05) is 47.4 Å². The highest BCUT2D eigenvalue weighted by Gasteiger charge is 2.27. The Bertz CT molecular complexity index is 844. The first-order valence-corrected chi connectivity index (χ1v) is 8.82. The van der Waals surface area contributed by atoms with Gasteiger partial charge in [-0.15, -0.1) is 0 Å². The SMILES string of the molecule is O=C(NCc1ccco1)N1CCCC(c2nc(-c3ccccc3)n[nH]2)C1. The number of hydrogen-bond donors (Lipinski definition) is 2. The summed E-state index contributed by atoms with van der Waals surface area (Å²) in [6, 6.07) is 13.5. The summed E-state index contributed by atoms with van der Waals surface area (Å²) in [5.41, 5.74) is 0.985. The van der Waals surface area contributed by atoms with E-state index in [0.29, 0.717) is 18.9 Å². The van der Waals surface area contributed by atoms with Crippen LogP contribution >= 0.6 is 0 Å². The van der Waals surface area contributed by atoms with Crippen molar-refractivity contribution < 1.29 is 9.21 Å². The topological polar surface area (TPSA) is 87.1 Å². The number of aromatic amines is 1. The average Bonchev–Trinajstić information content (AvgIpc) is 3.39. The molecule has 1 aliphatic heterocycles. The summed E-state index contributed by atoms with van der Waals surface area (Å²) in [6.45, 7) is 1.78. The summed E-state index contributed by atoms with van der Waals surface area (Å²) in [5.74, 6) is 2.45. The molecule has 1 fully saturated rings. The Morgan fingerprint density at radius 1 is 1.27 bits per heavy atom. The molecular formula is C19H21N5O2. The second kappa shape index (κ2) is 7.43. The predicted octanol–water partition coefficient (Wildman–Crippen LogP) is 3.15. The monoisotopic (exact) mass is 351 g/mol. The van der Waals surface area contributed by atoms with Crippen LogP contribution in [0, 0.1) is 0 Å². The van der Waals surface area contributed by atoms with E-state index in [9.17, 15) is 4.79 Å². The third kappa shape index (κ3) is 3.61. The molecule has 0 bridgehead atoms. The molecule has 1 atom stereocenters. The van der Waals surface area contributed by atoms with Crippen molar-refractivity contribution in [2.75, 3.05) is 13.1 Å². The van der Waals surface area contributed by atoms with Gasteiger partial charge in [-0.25, -0.2) is 9.78 Å². The van der Waals surface area contributed by atoms with Gasteiger partial charge in [-0.1, -0.05) is 30.3 Å². The predicted molar refractivity (Wildman–Crippen MR) is 96.3 cm³/mol. The number of furan rings is 1. The lowest BCUT2D eigenvalue weighted by Crippen LogP contribution is -2.44. The Labute approximate surface area is 151 Å². The van der Waals surface area contributed by atoms with Gasteiger partial charge in [-0.2, -0.15) is 5.10 Å². The van der Waals surface area contributed by atoms with Crippen LogP contribution in [-0.2, 0) is 6.54 Å². The molecular weight excluding hydrogens is 330 g/mol. The Morgan fingerprint density at radius 3 is 2.96 bits per heavy atom. The van der Waals surface area contributed by atoms with E-state index in [1.54, 1.807) is 6.26 Å². The fourth-order valence-electron chi connectivity index (χ4n) is 3.25. The van der Waals surface area contributed by atoms with Crippen molar-refractivity contribution in [3.63, 3.8) is 0 Å². The van der Waals surface area contributed by atoms with Crippen LogP contribution in [0.1, 0.15) is 30.3 Å². The minimum atomic E-state index is -0.0751. The number of likely N-dealkylation sites (tertiary alicyclic amines) is 1. The zero-order valence-corrected chi connectivity index (χ0v) is 14.4. The number of piperidine rings is 1. The fraction of sp³-hybridized carbons (Fsp3) is 0.316. The number of amides is 2. The number of H-pyrrole nitrogens is 1. The lowest BCUT2D eigenvalue weighted by atomic mass is 9.97. The van der Waals surface area contributed by atoms with Crippen LogP contribution in [0.15, 0.2) is 53.1 Å². The van der Waals surface area contributed by atoms with Crippen molar-refractivity contribution in [3.05, 3.63) is 60.3 Å². The van der Waals surface area contributed by atoms with E-state index >= 15 is 0 Å². The van der Waals surface area contributed by atoms with E-state index in [2.05, 4.69) is 20.5 Å². The number of carbonyl (C=O) groups is 1. The minimum absolute atomic E-state index is 0.0751. The molecule has 2 aromatic heterocycles. The van der Waals surface area contributed by atoms with Crippen molar-refractivity contribution in [2.45, 2.75) is 25.3 Å². The Balaban J connectivity index is 1.39. The Morgan fingerprint density at radius 2 is 2.15 bits per heavy atom. The summed E-state index contributed by atoms with van der Waals surface area (Å²) in [5, 5.41) is 10.3. The van der Waals surface area contributed by atoms with Crippen LogP contribution in [0.25, 0.3) is 11.4 Å². The molecule has 0 radical (unpaired) electrons. The first-order chi connectivity index (χ1) is 12.8. The number of rotatable bonds is 4. The maximum atomic E-state index is 12.4. The molecule has 1 saturated heterocycles. The van der Waals surface area contributed by atoms with Gasteiger partial charge in [0.05, 0.1) is 12.8 Å². The molecule has 26 heavy (non-hydrogen) atoms. The van der Waals surface area contributed by atoms with Crippen molar-refractivity contribution in [3.8, 4) is 11.4 Å². The molecule has 2 amide bonds. The maximum absolute atomic E-state index is 12.4. The van der Waals surface area contributed by atoms with Gasteiger partial charge in [0, 0.05) is 24.6 Å². The average molecular weight is 351 g/mol. The van der Waals surface area contributed by atoms with E-state index in [1.165, 1.54) is 0 Å². The number of benzene rings is 1. The number of hydrogen-bond acceptors (Lipinski definition) is 4. The van der Waals surface area contributed by atoms with Gasteiger partial charge in [0.25, 0.3) is 0 Å². The molecule has 4 rings (SSSR count). The molecule has 3 heterocycles. The van der Waals surface area contributed by atoms with Crippen molar-refractivity contribution in [1.82, 2.24) is 25.4 Å². The lowest BCUT2D eigenvalue weighted by molar-refractivity contribution is 0.177. The van der Waals surface area contributed by atoms with Gasteiger partial charge in [0.1, 0.15) is 11.6 Å². The number of nitrogens with one attached hydrogen (secondary N) is 2. The third-order valence-corrected chi connectivity index (χ3v) is 4.62. The minimum Gasteiger partial charge on any atom is -0.467 e. The second-order valence-electron chi connectivity index (χ2n) is 6.43. The highest BCUT2D eigenvalue weighted by atomic mass is 16.3. The largest absolute Gasteiger partial charge is 0.467 e. The van der Waals surface area contributed by atoms with Gasteiger partial charge in [0.2, 0.25) is 0 Å². The molecule has 7 nitrogen and oxygen atoms in total. The summed E-state index contributed by atoms with van der Waals surface area (Å²) in [4.78, 5) is 18.9. The zero-order valence-electron chi connectivity index (χ0n) is 14.4. The number of aromatic nitrogens is 3. The maximum Gasteiger partial charge on any atom is 0.317 e. The Kier molecular flexibility index (Phi) is 4.68. The number of nitrogens with zero attached hydrogens (tertiary/aromatic N) is 3. The summed E-state index contributed by atoms with van der Waals surface area (Å²) < 4.78 is 5.25. The van der Waals surface area contributed by atoms with E-state index in [0.717, 1.165) is 36.5 Å². The lowest BCUT2D eigenvalue weighted by Gasteiger charge is -2.31. The Hall–Kier alpha value is -3.09. The highest BCUT2D eigenvalue weighted by Crippen LogP contribution is 2.26. The third-order valence-electron chi connectivity index (χ3n) is 4.62. The normalized spacial score (nSPS) is 17.2. The number of carbonyl (C=O) groups excluding carboxylic acids is 1. The zero-order chi connectivity index (χ0) is 17.8. The van der Waals surface area contributed by atoms with Gasteiger partial charge in [-0.3, -0.25) is 5.10 Å². The molecule has 1 aromatic carbocycles. The van der Waals surface area contributed by atoms with Crippen molar-refractivity contribution >= 4 is 6.03 Å². The van der Waals surface area contributed by atoms with Crippen LogP contribution in [0.4, 0.5) is 4.79 Å². The van der Waals surface area contributed by atoms with Crippen LogP contribution < -0.4 is 5.32 Å². The van der Waals surface area contributed by atoms with Crippen molar-refractivity contribution in [1.29, 1.82) is 0 Å². The fourth-order valence-corrected chi connectivity index (χ4v) is 3.25. The summed E-state index contributed by atoms with van der Waals surface area (Å²) in [7, 11) is 0. The molecule has 2 N–H and O–H groups in total. The van der Waals surface area contributed by atoms with Gasteiger partial charge in [-0.05, 0) is 25.0 Å². The van der Waals surface area contributed by atoms with E-state index in [4.69, 9.17) is 4.42 Å². The summed E-state index contributed by atoms with van der Waals surface area (Å²) >= 11 is 0. The van der Waals surface area contributed by atoms with Crippen LogP contribution in [0.3, 0.4) is 0 Å². The molecule has 0 saturated carbocycles. The van der Waals surface area contributed by atoms with Gasteiger partial charge in [0.15, 0.2) is 5.82 Å². The molecule has 0 spiro atoms. The standard InChI is InChI=1S/C19H21N5O2/c25-19(20-12-16-9-5-11-26-16)24-10-4-8-15(13-24)18-21-17(22-23-18)14-6-2-1-3-7-14/h1-3,5-7,9,11,15H,4,8,10,12-13H2,(H,20,25)(H,21,22,23). The van der Waals surface area contributed by atoms with Crippen LogP contribution in [0.5, 0.6) is 0 Å². The van der Waals surface area contributed by atoms with Crippen LogP contribution in [-0.4, -0.2) is 39.2 Å². The molecule has 1 unspecified atom stereocenters. The molecule has 7 heteroatoms. The first kappa shape index (κ1) is 16.4. The highest BCUT2D eigenvalue weighted by molar-refractivity contribution is 5.74.